The summed E-state index contributed by atoms with van der Waals surface area (Å²) in [6, 6.07) is 15.2. The molecule has 1 fully saturated rings. The standard InChI is InChI=1S/C22H24O/c1-15-6-5-7-18(10-15)21-12-19(9-8-17(21)3)22(4)13-16(2)11-20(23)14-22/h5-10,12H,2,11,13-14H2,1,3-4H3. The Morgan fingerprint density at radius 3 is 2.52 bits per heavy atom. The van der Waals surface area contributed by atoms with E-state index in [4.69, 9.17) is 0 Å². The molecule has 0 aromatic heterocycles. The predicted molar refractivity (Wildman–Crippen MR) is 96.7 cm³/mol. The molecule has 0 amide bonds. The van der Waals surface area contributed by atoms with Crippen molar-refractivity contribution in [2.75, 3.05) is 0 Å². The van der Waals surface area contributed by atoms with Gasteiger partial charge in [0.05, 0.1) is 0 Å². The van der Waals surface area contributed by atoms with Gasteiger partial charge in [-0.3, -0.25) is 4.79 Å². The van der Waals surface area contributed by atoms with E-state index in [0.717, 1.165) is 12.0 Å². The topological polar surface area (TPSA) is 17.1 Å². The smallest absolute Gasteiger partial charge is 0.137 e. The summed E-state index contributed by atoms with van der Waals surface area (Å²) >= 11 is 0. The highest BCUT2D eigenvalue weighted by Crippen LogP contribution is 2.41. The number of carbonyl (C=O) groups is 1. The van der Waals surface area contributed by atoms with Crippen molar-refractivity contribution >= 4 is 5.78 Å². The molecule has 1 saturated carbocycles. The third kappa shape index (κ3) is 3.14. The Morgan fingerprint density at radius 2 is 1.83 bits per heavy atom. The van der Waals surface area contributed by atoms with E-state index in [9.17, 15) is 4.79 Å². The minimum absolute atomic E-state index is 0.126. The minimum atomic E-state index is -0.126. The number of benzene rings is 2. The van der Waals surface area contributed by atoms with Gasteiger partial charge >= 0.3 is 0 Å². The Balaban J connectivity index is 2.07. The van der Waals surface area contributed by atoms with E-state index in [0.29, 0.717) is 18.6 Å². The maximum absolute atomic E-state index is 12.1. The van der Waals surface area contributed by atoms with Crippen molar-refractivity contribution in [3.63, 3.8) is 0 Å². The lowest BCUT2D eigenvalue weighted by Gasteiger charge is -2.35. The maximum Gasteiger partial charge on any atom is 0.137 e. The Hall–Kier alpha value is -2.15. The maximum atomic E-state index is 12.1. The molecule has 2 aromatic carbocycles. The molecule has 0 heterocycles. The van der Waals surface area contributed by atoms with Crippen LogP contribution in [0.15, 0.2) is 54.6 Å². The molecule has 0 N–H and O–H groups in total. The fraction of sp³-hybridized carbons (Fsp3) is 0.318. The monoisotopic (exact) mass is 304 g/mol. The lowest BCUT2D eigenvalue weighted by atomic mass is 9.68. The average Bonchev–Trinajstić information content (AvgIpc) is 2.46. The van der Waals surface area contributed by atoms with Gasteiger partial charge in [0, 0.05) is 18.3 Å². The van der Waals surface area contributed by atoms with Crippen LogP contribution in [-0.4, -0.2) is 5.78 Å². The number of rotatable bonds is 2. The van der Waals surface area contributed by atoms with Gasteiger partial charge in [-0.1, -0.05) is 67.1 Å². The van der Waals surface area contributed by atoms with E-state index in [1.54, 1.807) is 0 Å². The first-order valence-electron chi connectivity index (χ1n) is 8.24. The minimum Gasteiger partial charge on any atom is -0.299 e. The van der Waals surface area contributed by atoms with Crippen molar-refractivity contribution in [2.45, 2.75) is 45.4 Å². The number of ketones is 1. The highest BCUT2D eigenvalue weighted by Gasteiger charge is 2.34. The van der Waals surface area contributed by atoms with Gasteiger partial charge < -0.3 is 0 Å². The third-order valence-corrected chi connectivity index (χ3v) is 4.94. The molecule has 1 unspecified atom stereocenters. The molecular formula is C22H24O. The van der Waals surface area contributed by atoms with Gasteiger partial charge in [0.15, 0.2) is 0 Å². The molecule has 1 atom stereocenters. The second-order valence-electron chi connectivity index (χ2n) is 7.28. The summed E-state index contributed by atoms with van der Waals surface area (Å²) in [7, 11) is 0. The van der Waals surface area contributed by atoms with Gasteiger partial charge in [-0.05, 0) is 42.5 Å². The van der Waals surface area contributed by atoms with Crippen molar-refractivity contribution in [3.05, 3.63) is 71.3 Å². The van der Waals surface area contributed by atoms with Crippen LogP contribution in [-0.2, 0) is 10.2 Å². The normalized spacial score (nSPS) is 21.5. The molecule has 23 heavy (non-hydrogen) atoms. The fourth-order valence-corrected chi connectivity index (χ4v) is 3.78. The summed E-state index contributed by atoms with van der Waals surface area (Å²) in [4.78, 5) is 12.1. The van der Waals surface area contributed by atoms with Crippen LogP contribution >= 0.6 is 0 Å². The summed E-state index contributed by atoms with van der Waals surface area (Å²) in [5.41, 5.74) is 7.21. The zero-order chi connectivity index (χ0) is 16.6. The molecule has 1 heteroatoms. The molecule has 3 rings (SSSR count). The van der Waals surface area contributed by atoms with Crippen molar-refractivity contribution < 1.29 is 4.79 Å². The van der Waals surface area contributed by atoms with Crippen molar-refractivity contribution in [3.8, 4) is 11.1 Å². The highest BCUT2D eigenvalue weighted by atomic mass is 16.1. The summed E-state index contributed by atoms with van der Waals surface area (Å²) in [5.74, 6) is 0.307. The van der Waals surface area contributed by atoms with Gasteiger partial charge in [0.2, 0.25) is 0 Å². The number of hydrogen-bond acceptors (Lipinski definition) is 1. The fourth-order valence-electron chi connectivity index (χ4n) is 3.78. The number of Topliss-reactive ketones (excluding diaryl/α,β-unsaturated/α-hetero) is 1. The van der Waals surface area contributed by atoms with Crippen LogP contribution in [0.2, 0.25) is 0 Å². The molecule has 1 aliphatic carbocycles. The number of aryl methyl sites for hydroxylation is 2. The largest absolute Gasteiger partial charge is 0.299 e. The summed E-state index contributed by atoms with van der Waals surface area (Å²) in [6.07, 6.45) is 2.06. The van der Waals surface area contributed by atoms with E-state index in [-0.39, 0.29) is 5.41 Å². The molecule has 1 nitrogen and oxygen atoms in total. The van der Waals surface area contributed by atoms with Gasteiger partial charge in [0.1, 0.15) is 5.78 Å². The first-order chi connectivity index (χ1) is 10.9. The molecular weight excluding hydrogens is 280 g/mol. The Morgan fingerprint density at radius 1 is 1.04 bits per heavy atom. The summed E-state index contributed by atoms with van der Waals surface area (Å²) in [5, 5.41) is 0. The first-order valence-corrected chi connectivity index (χ1v) is 8.24. The molecule has 2 aromatic rings. The van der Waals surface area contributed by atoms with Crippen LogP contribution in [0.4, 0.5) is 0 Å². The molecule has 0 spiro atoms. The SMILES string of the molecule is C=C1CC(=O)CC(C)(c2ccc(C)c(-c3cccc(C)c3)c2)C1. The van der Waals surface area contributed by atoms with Gasteiger partial charge in [-0.25, -0.2) is 0 Å². The van der Waals surface area contributed by atoms with Crippen LogP contribution < -0.4 is 0 Å². The predicted octanol–water partition coefficient (Wildman–Crippen LogP) is 5.54. The van der Waals surface area contributed by atoms with Crippen LogP contribution in [0.1, 0.15) is 42.9 Å². The third-order valence-electron chi connectivity index (χ3n) is 4.94. The number of allylic oxidation sites excluding steroid dienone is 1. The number of hydrogen-bond donors (Lipinski definition) is 0. The summed E-state index contributed by atoms with van der Waals surface area (Å²) < 4.78 is 0. The first kappa shape index (κ1) is 15.7. The van der Waals surface area contributed by atoms with Crippen LogP contribution in [0.3, 0.4) is 0 Å². The molecule has 1 aliphatic rings. The van der Waals surface area contributed by atoms with Crippen LogP contribution in [0.5, 0.6) is 0 Å². The van der Waals surface area contributed by atoms with E-state index in [1.165, 1.54) is 27.8 Å². The number of carbonyl (C=O) groups excluding carboxylic acids is 1. The zero-order valence-electron chi connectivity index (χ0n) is 14.3. The van der Waals surface area contributed by atoms with Crippen molar-refractivity contribution in [2.24, 2.45) is 0 Å². The van der Waals surface area contributed by atoms with Gasteiger partial charge in [-0.2, -0.15) is 0 Å². The Kier molecular flexibility index (Phi) is 3.97. The molecule has 0 aliphatic heterocycles. The van der Waals surface area contributed by atoms with E-state index < -0.39 is 0 Å². The molecule has 0 saturated heterocycles. The quantitative estimate of drug-likeness (QED) is 0.666. The van der Waals surface area contributed by atoms with E-state index in [2.05, 4.69) is 69.8 Å². The molecule has 118 valence electrons. The van der Waals surface area contributed by atoms with Crippen LogP contribution in [0, 0.1) is 13.8 Å². The zero-order valence-corrected chi connectivity index (χ0v) is 14.3. The molecule has 0 radical (unpaired) electrons. The second-order valence-corrected chi connectivity index (χ2v) is 7.28. The lowest BCUT2D eigenvalue weighted by Crippen LogP contribution is -2.31. The molecule has 0 bridgehead atoms. The summed E-state index contributed by atoms with van der Waals surface area (Å²) in [6.45, 7) is 10.5. The van der Waals surface area contributed by atoms with E-state index >= 15 is 0 Å². The van der Waals surface area contributed by atoms with Crippen molar-refractivity contribution in [1.29, 1.82) is 0 Å². The Bertz CT molecular complexity index is 766. The van der Waals surface area contributed by atoms with Gasteiger partial charge in [0.25, 0.3) is 0 Å². The lowest BCUT2D eigenvalue weighted by molar-refractivity contribution is -0.120. The Labute approximate surface area is 139 Å². The second kappa shape index (κ2) is 5.81. The highest BCUT2D eigenvalue weighted by molar-refractivity contribution is 5.84. The van der Waals surface area contributed by atoms with Crippen molar-refractivity contribution in [1.82, 2.24) is 0 Å². The average molecular weight is 304 g/mol. The van der Waals surface area contributed by atoms with Gasteiger partial charge in [-0.15, -0.1) is 0 Å². The van der Waals surface area contributed by atoms with E-state index in [1.807, 2.05) is 0 Å². The van der Waals surface area contributed by atoms with Crippen LogP contribution in [0.25, 0.3) is 11.1 Å².